The topological polar surface area (TPSA) is 16.4 Å². The minimum absolute atomic E-state index is 0.558. The van der Waals surface area contributed by atoms with Gasteiger partial charge in [0.05, 0.1) is 16.8 Å². The molecule has 11 aromatic rings. The maximum absolute atomic E-state index is 6.87. The van der Waals surface area contributed by atoms with E-state index in [2.05, 4.69) is 193 Å². The minimum atomic E-state index is -0.558. The number of thiophene rings is 1. The Kier molecular flexibility index (Phi) is 6.01. The van der Waals surface area contributed by atoms with E-state index in [0.717, 1.165) is 39.0 Å². The summed E-state index contributed by atoms with van der Waals surface area (Å²) < 4.78 is 9.45. The SMILES string of the molecule is c1ccc2c(c1)-c1cc3ccccc3cc1C21c2ccccc2-c2cccc(N(c3ccc4sc5ccccc5c4c3)c3cccc4c3oc3ccccc34)c21. The van der Waals surface area contributed by atoms with E-state index in [9.17, 15) is 0 Å². The van der Waals surface area contributed by atoms with Crippen LogP contribution in [0.15, 0.2) is 192 Å². The highest BCUT2D eigenvalue weighted by atomic mass is 32.1. The Morgan fingerprint density at radius 3 is 1.89 bits per heavy atom. The van der Waals surface area contributed by atoms with Crippen LogP contribution < -0.4 is 4.90 Å². The van der Waals surface area contributed by atoms with Gasteiger partial charge in [-0.1, -0.05) is 133 Å². The zero-order chi connectivity index (χ0) is 36.5. The largest absolute Gasteiger partial charge is 0.454 e. The monoisotopic (exact) mass is 729 g/mol. The number of rotatable bonds is 3. The number of hydrogen-bond acceptors (Lipinski definition) is 3. The molecule has 0 saturated carbocycles. The highest BCUT2D eigenvalue weighted by Crippen LogP contribution is 2.66. The fourth-order valence-corrected chi connectivity index (χ4v) is 11.3. The van der Waals surface area contributed by atoms with Crippen molar-refractivity contribution in [2.75, 3.05) is 4.90 Å². The molecule has 1 spiro atoms. The maximum Gasteiger partial charge on any atom is 0.159 e. The lowest BCUT2D eigenvalue weighted by atomic mass is 9.69. The second kappa shape index (κ2) is 11.1. The van der Waals surface area contributed by atoms with Crippen molar-refractivity contribution in [3.63, 3.8) is 0 Å². The van der Waals surface area contributed by atoms with Crippen molar-refractivity contribution in [3.8, 4) is 22.3 Å². The molecule has 3 heteroatoms. The highest BCUT2D eigenvalue weighted by molar-refractivity contribution is 7.25. The first-order valence-electron chi connectivity index (χ1n) is 19.3. The Labute approximate surface area is 327 Å². The molecular formula is C53H31NOS. The van der Waals surface area contributed by atoms with Crippen LogP contribution in [0, 0.1) is 0 Å². The van der Waals surface area contributed by atoms with Crippen molar-refractivity contribution in [2.45, 2.75) is 5.41 Å². The van der Waals surface area contributed by atoms with Gasteiger partial charge in [0.15, 0.2) is 5.58 Å². The third kappa shape index (κ3) is 3.85. The summed E-state index contributed by atoms with van der Waals surface area (Å²) in [5, 5.41) is 7.28. The van der Waals surface area contributed by atoms with Gasteiger partial charge in [0.25, 0.3) is 0 Å². The average Bonchev–Trinajstić information content (AvgIpc) is 3.99. The molecule has 0 saturated heterocycles. The standard InChI is InChI=1S/C53H31NOS/c1-2-14-33-30-45-41(29-32(33)13-1)36-16-4-8-22-44(36)53(45)43-21-7-3-15-35(43)39-19-11-23-46(51(39)53)54(34-27-28-50-42(31-34)38-18-6-10-26-49(38)56-50)47-24-12-20-40-37-17-5-9-25-48(37)55-52(40)47/h1-31H. The molecule has 13 rings (SSSR count). The van der Waals surface area contributed by atoms with Crippen LogP contribution in [0.2, 0.25) is 0 Å². The van der Waals surface area contributed by atoms with E-state index >= 15 is 0 Å². The van der Waals surface area contributed by atoms with Crippen LogP contribution in [0.3, 0.4) is 0 Å². The van der Waals surface area contributed by atoms with Gasteiger partial charge < -0.3 is 9.32 Å². The molecule has 0 fully saturated rings. The lowest BCUT2D eigenvalue weighted by molar-refractivity contribution is 0.669. The van der Waals surface area contributed by atoms with Crippen molar-refractivity contribution in [1.82, 2.24) is 0 Å². The van der Waals surface area contributed by atoms with E-state index in [0.29, 0.717) is 0 Å². The van der Waals surface area contributed by atoms with Crippen molar-refractivity contribution >= 4 is 81.3 Å². The van der Waals surface area contributed by atoms with Crippen LogP contribution in [0.4, 0.5) is 17.1 Å². The lowest BCUT2D eigenvalue weighted by Gasteiger charge is -2.36. The average molecular weight is 730 g/mol. The van der Waals surface area contributed by atoms with Crippen molar-refractivity contribution in [1.29, 1.82) is 0 Å². The molecule has 2 aliphatic carbocycles. The summed E-state index contributed by atoms with van der Waals surface area (Å²) in [6.07, 6.45) is 0. The second-order valence-corrected chi connectivity index (χ2v) is 16.2. The van der Waals surface area contributed by atoms with E-state index in [1.807, 2.05) is 11.3 Å². The molecule has 0 amide bonds. The van der Waals surface area contributed by atoms with Crippen molar-refractivity contribution in [3.05, 3.63) is 210 Å². The van der Waals surface area contributed by atoms with E-state index in [1.165, 1.54) is 75.5 Å². The molecule has 2 heterocycles. The van der Waals surface area contributed by atoms with Crippen molar-refractivity contribution < 1.29 is 4.42 Å². The van der Waals surface area contributed by atoms with Gasteiger partial charge in [-0.05, 0) is 104 Å². The van der Waals surface area contributed by atoms with Gasteiger partial charge in [-0.2, -0.15) is 0 Å². The Hall–Kier alpha value is -6.94. The van der Waals surface area contributed by atoms with Crippen LogP contribution >= 0.6 is 11.3 Å². The summed E-state index contributed by atoms with van der Waals surface area (Å²) in [4.78, 5) is 2.49. The maximum atomic E-state index is 6.87. The molecule has 0 N–H and O–H groups in total. The number of benzene rings is 9. The molecule has 1 atom stereocenters. The smallest absolute Gasteiger partial charge is 0.159 e. The first-order chi connectivity index (χ1) is 27.8. The number of hydrogen-bond donors (Lipinski definition) is 0. The van der Waals surface area contributed by atoms with Gasteiger partial charge in [0, 0.05) is 42.2 Å². The van der Waals surface area contributed by atoms with E-state index < -0.39 is 5.41 Å². The molecule has 1 unspecified atom stereocenters. The third-order valence-corrected chi connectivity index (χ3v) is 13.6. The molecule has 2 aromatic heterocycles. The summed E-state index contributed by atoms with van der Waals surface area (Å²) in [5.41, 5.74) is 14.9. The zero-order valence-corrected chi connectivity index (χ0v) is 31.0. The highest BCUT2D eigenvalue weighted by Gasteiger charge is 2.53. The first-order valence-corrected chi connectivity index (χ1v) is 20.1. The predicted octanol–water partition coefficient (Wildman–Crippen LogP) is 14.9. The van der Waals surface area contributed by atoms with E-state index in [4.69, 9.17) is 4.42 Å². The van der Waals surface area contributed by atoms with Gasteiger partial charge in [0.2, 0.25) is 0 Å². The van der Waals surface area contributed by atoms with Gasteiger partial charge in [-0.15, -0.1) is 11.3 Å². The van der Waals surface area contributed by atoms with Crippen molar-refractivity contribution in [2.24, 2.45) is 0 Å². The molecule has 0 radical (unpaired) electrons. The molecule has 9 aromatic carbocycles. The molecule has 2 aliphatic rings. The van der Waals surface area contributed by atoms with E-state index in [-0.39, 0.29) is 0 Å². The molecule has 260 valence electrons. The summed E-state index contributed by atoms with van der Waals surface area (Å²) in [6, 6.07) is 69.6. The number of anilines is 3. The molecule has 0 bridgehead atoms. The lowest BCUT2D eigenvalue weighted by Crippen LogP contribution is -2.28. The summed E-state index contributed by atoms with van der Waals surface area (Å²) >= 11 is 1.85. The minimum Gasteiger partial charge on any atom is -0.454 e. The van der Waals surface area contributed by atoms with Crippen LogP contribution in [0.25, 0.3) is 75.1 Å². The molecular weight excluding hydrogens is 699 g/mol. The molecule has 2 nitrogen and oxygen atoms in total. The molecule has 0 aliphatic heterocycles. The van der Waals surface area contributed by atoms with Crippen LogP contribution in [-0.2, 0) is 5.41 Å². The number of para-hydroxylation sites is 2. The van der Waals surface area contributed by atoms with Gasteiger partial charge >= 0.3 is 0 Å². The fraction of sp³-hybridized carbons (Fsp3) is 0.0189. The Balaban J connectivity index is 1.19. The van der Waals surface area contributed by atoms with Crippen LogP contribution in [-0.4, -0.2) is 0 Å². The first kappa shape index (κ1) is 30.4. The molecule has 56 heavy (non-hydrogen) atoms. The predicted molar refractivity (Wildman–Crippen MR) is 235 cm³/mol. The van der Waals surface area contributed by atoms with E-state index in [1.54, 1.807) is 0 Å². The number of nitrogens with zero attached hydrogens (tertiary/aromatic N) is 1. The summed E-state index contributed by atoms with van der Waals surface area (Å²) in [7, 11) is 0. The third-order valence-electron chi connectivity index (χ3n) is 12.4. The quantitative estimate of drug-likeness (QED) is 0.180. The Morgan fingerprint density at radius 1 is 0.411 bits per heavy atom. The number of furan rings is 1. The normalized spacial score (nSPS) is 15.2. The number of fused-ring (bicyclic) bond motifs is 17. The fourth-order valence-electron chi connectivity index (χ4n) is 10.2. The second-order valence-electron chi connectivity index (χ2n) is 15.2. The Bertz CT molecular complexity index is 3460. The summed E-state index contributed by atoms with van der Waals surface area (Å²) in [5.74, 6) is 0. The summed E-state index contributed by atoms with van der Waals surface area (Å²) in [6.45, 7) is 0. The van der Waals surface area contributed by atoms with Gasteiger partial charge in [0.1, 0.15) is 5.58 Å². The van der Waals surface area contributed by atoms with Crippen LogP contribution in [0.5, 0.6) is 0 Å². The van der Waals surface area contributed by atoms with Crippen LogP contribution in [0.1, 0.15) is 22.3 Å². The van der Waals surface area contributed by atoms with Gasteiger partial charge in [-0.25, -0.2) is 0 Å². The zero-order valence-electron chi connectivity index (χ0n) is 30.2. The van der Waals surface area contributed by atoms with Gasteiger partial charge in [-0.3, -0.25) is 0 Å². The Morgan fingerprint density at radius 2 is 1.04 bits per heavy atom.